The zero-order chi connectivity index (χ0) is 40.2. The van der Waals surface area contributed by atoms with Crippen molar-refractivity contribution in [1.82, 2.24) is 30.5 Å². The first-order valence-corrected chi connectivity index (χ1v) is 19.2. The number of para-hydroxylation sites is 1. The Morgan fingerprint density at radius 1 is 0.929 bits per heavy atom. The number of Topliss-reactive ketones (excluding diaryl/α,β-unsaturated/α-hetero) is 2. The highest BCUT2D eigenvalue weighted by atomic mass is 16.2. The summed E-state index contributed by atoms with van der Waals surface area (Å²) < 4.78 is 0. The third-order valence-corrected chi connectivity index (χ3v) is 10.5. The van der Waals surface area contributed by atoms with Crippen molar-refractivity contribution in [3.63, 3.8) is 0 Å². The molecule has 4 amide bonds. The van der Waals surface area contributed by atoms with Gasteiger partial charge in [-0.3, -0.25) is 28.8 Å². The highest BCUT2D eigenvalue weighted by Gasteiger charge is 2.40. The van der Waals surface area contributed by atoms with Crippen molar-refractivity contribution >= 4 is 46.1 Å². The number of nitrogens with two attached hydrogens (primary N) is 3. The fraction of sp³-hybridized carbons (Fsp3) is 0.439. The highest BCUT2D eigenvalue weighted by molar-refractivity contribution is 5.95. The summed E-state index contributed by atoms with van der Waals surface area (Å²) in [6.45, 7) is 2.16. The second-order valence-corrected chi connectivity index (χ2v) is 14.8. The Labute approximate surface area is 325 Å². The van der Waals surface area contributed by atoms with Gasteiger partial charge in [0, 0.05) is 79.5 Å². The third-order valence-electron chi connectivity index (χ3n) is 10.5. The zero-order valence-corrected chi connectivity index (χ0v) is 31.7. The molecule has 1 fully saturated rings. The maximum absolute atomic E-state index is 13.9. The Hall–Kier alpha value is -5.67. The summed E-state index contributed by atoms with van der Waals surface area (Å²) >= 11 is 0. The lowest BCUT2D eigenvalue weighted by atomic mass is 9.90. The van der Waals surface area contributed by atoms with Gasteiger partial charge >= 0.3 is 0 Å². The number of imidazole rings is 1. The second-order valence-electron chi connectivity index (χ2n) is 14.8. The van der Waals surface area contributed by atoms with E-state index in [1.807, 2.05) is 54.6 Å². The monoisotopic (exact) mass is 767 g/mol. The number of hydrogen-bond donors (Lipinski definition) is 7. The van der Waals surface area contributed by atoms with Crippen molar-refractivity contribution < 1.29 is 28.8 Å². The summed E-state index contributed by atoms with van der Waals surface area (Å²) in [7, 11) is 0. The molecule has 1 aliphatic heterocycles. The van der Waals surface area contributed by atoms with Crippen LogP contribution >= 0.6 is 0 Å². The molecule has 2 aromatic carbocycles. The van der Waals surface area contributed by atoms with E-state index >= 15 is 0 Å². The van der Waals surface area contributed by atoms with Crippen LogP contribution in [-0.4, -0.2) is 92.3 Å². The Bertz CT molecular complexity index is 1960. The summed E-state index contributed by atoms with van der Waals surface area (Å²) in [5, 5.41) is 6.65. The van der Waals surface area contributed by atoms with Crippen LogP contribution in [0.5, 0.6) is 0 Å². The van der Waals surface area contributed by atoms with Crippen LogP contribution in [0.2, 0.25) is 0 Å². The molecule has 0 saturated carbocycles. The molecule has 6 atom stereocenters. The van der Waals surface area contributed by atoms with E-state index in [1.165, 1.54) is 11.2 Å². The van der Waals surface area contributed by atoms with Crippen molar-refractivity contribution in [3.05, 3.63) is 90.1 Å². The number of likely N-dealkylation sites (tertiary alicyclic amines) is 1. The first-order valence-electron chi connectivity index (χ1n) is 19.2. The average molecular weight is 768 g/mol. The number of carbonyl (C=O) groups is 6. The number of H-pyrrole nitrogens is 2. The molecule has 15 nitrogen and oxygen atoms in total. The number of rotatable bonds is 22. The van der Waals surface area contributed by atoms with Gasteiger partial charge in [0.2, 0.25) is 23.6 Å². The van der Waals surface area contributed by atoms with Crippen LogP contribution < -0.4 is 27.8 Å². The number of fused-ring (bicyclic) bond motifs is 1. The lowest BCUT2D eigenvalue weighted by Crippen LogP contribution is -2.50. The molecule has 10 N–H and O–H groups in total. The Balaban J connectivity index is 1.24. The van der Waals surface area contributed by atoms with Crippen LogP contribution in [-0.2, 0) is 48.0 Å². The Morgan fingerprint density at radius 2 is 1.68 bits per heavy atom. The number of ketones is 2. The normalized spacial score (nSPS) is 16.9. The molecule has 1 aliphatic rings. The highest BCUT2D eigenvalue weighted by Crippen LogP contribution is 2.24. The maximum Gasteiger partial charge on any atom is 0.237 e. The van der Waals surface area contributed by atoms with Gasteiger partial charge in [0.1, 0.15) is 0 Å². The van der Waals surface area contributed by atoms with Crippen LogP contribution in [0.25, 0.3) is 10.9 Å². The number of primary amides is 1. The molecule has 2 aromatic heterocycles. The van der Waals surface area contributed by atoms with Gasteiger partial charge in [-0.1, -0.05) is 61.9 Å². The number of carbonyl (C=O) groups excluding carboxylic acids is 6. The third kappa shape index (κ3) is 11.2. The molecular formula is C41H53N9O6. The van der Waals surface area contributed by atoms with Crippen molar-refractivity contribution in [2.75, 3.05) is 13.1 Å². The number of amides is 4. The van der Waals surface area contributed by atoms with Gasteiger partial charge in [0.15, 0.2) is 11.6 Å². The molecular weight excluding hydrogens is 715 g/mol. The number of aromatic nitrogens is 3. The molecule has 5 rings (SSSR count). The Kier molecular flexibility index (Phi) is 14.7. The van der Waals surface area contributed by atoms with Crippen LogP contribution in [0.3, 0.4) is 0 Å². The molecule has 298 valence electrons. The lowest BCUT2D eigenvalue weighted by Gasteiger charge is -2.28. The minimum Gasteiger partial charge on any atom is -0.369 e. The molecule has 0 spiro atoms. The molecule has 4 aromatic rings. The molecule has 0 bridgehead atoms. The number of unbranched alkanes of at least 4 members (excludes halogenated alkanes) is 1. The fourth-order valence-corrected chi connectivity index (χ4v) is 7.27. The summed E-state index contributed by atoms with van der Waals surface area (Å²) in [6.07, 6.45) is 6.90. The van der Waals surface area contributed by atoms with Gasteiger partial charge in [0.05, 0.1) is 30.5 Å². The van der Waals surface area contributed by atoms with Gasteiger partial charge in [-0.25, -0.2) is 4.98 Å². The smallest absolute Gasteiger partial charge is 0.237 e. The number of aromatic amines is 2. The lowest BCUT2D eigenvalue weighted by molar-refractivity contribution is -0.137. The second kappa shape index (κ2) is 19.8. The summed E-state index contributed by atoms with van der Waals surface area (Å²) in [5.74, 6) is -3.96. The van der Waals surface area contributed by atoms with E-state index in [4.69, 9.17) is 17.2 Å². The number of benzene rings is 2. The van der Waals surface area contributed by atoms with Gasteiger partial charge in [-0.2, -0.15) is 0 Å². The van der Waals surface area contributed by atoms with Gasteiger partial charge in [-0.05, 0) is 43.0 Å². The fourth-order valence-electron chi connectivity index (χ4n) is 7.27. The summed E-state index contributed by atoms with van der Waals surface area (Å²) in [5.41, 5.74) is 20.7. The van der Waals surface area contributed by atoms with Crippen molar-refractivity contribution in [2.45, 2.75) is 88.9 Å². The van der Waals surface area contributed by atoms with Crippen molar-refractivity contribution in [3.8, 4) is 0 Å². The molecule has 56 heavy (non-hydrogen) atoms. The largest absolute Gasteiger partial charge is 0.369 e. The Morgan fingerprint density at radius 3 is 2.39 bits per heavy atom. The number of nitrogens with one attached hydrogen (secondary N) is 4. The van der Waals surface area contributed by atoms with E-state index in [1.54, 1.807) is 19.3 Å². The standard InChI is InChI=1S/C41H53N9O6/c1-25(15-36(51)34(17-28-21-46-33-13-6-5-12-31(28)33)49-41(56)32(43)19-29-22-45-24-47-29)40(55)48-30-20-38(53)50(23-30)35(16-26-9-3-2-4-10-26)37(52)18-27(39(44)54)11-7-8-14-42/h2-6,9-10,12-13,21-22,24-25,27,30,32,34-35,46H,7-8,11,14-20,23,42-43H2,1H3,(H2,44,54)(H,45,47)(H,48,55)(H,49,56)/t25-,27-,30+,32+,34-,35-/m1/s1. The van der Waals surface area contributed by atoms with E-state index in [0.29, 0.717) is 31.5 Å². The van der Waals surface area contributed by atoms with Crippen molar-refractivity contribution in [2.24, 2.45) is 29.0 Å². The predicted molar refractivity (Wildman–Crippen MR) is 210 cm³/mol. The van der Waals surface area contributed by atoms with Crippen LogP contribution in [0, 0.1) is 11.8 Å². The first kappa shape index (κ1) is 41.5. The number of hydrogen-bond acceptors (Lipinski definition) is 9. The quantitative estimate of drug-likeness (QED) is 0.0573. The number of nitrogens with zero attached hydrogens (tertiary/aromatic N) is 2. The molecule has 1 saturated heterocycles. The zero-order valence-electron chi connectivity index (χ0n) is 31.7. The van der Waals surface area contributed by atoms with Crippen LogP contribution in [0.1, 0.15) is 62.3 Å². The topological polar surface area (TPSA) is 252 Å². The minimum atomic E-state index is -0.974. The van der Waals surface area contributed by atoms with Gasteiger partial charge in [0.25, 0.3) is 0 Å². The molecule has 0 radical (unpaired) electrons. The van der Waals surface area contributed by atoms with Crippen LogP contribution in [0.4, 0.5) is 0 Å². The van der Waals surface area contributed by atoms with E-state index in [-0.39, 0.29) is 62.5 Å². The molecule has 15 heteroatoms. The molecule has 0 unspecified atom stereocenters. The summed E-state index contributed by atoms with van der Waals surface area (Å²) in [4.78, 5) is 91.9. The van der Waals surface area contributed by atoms with E-state index in [9.17, 15) is 28.8 Å². The molecule has 3 heterocycles. The SMILES string of the molecule is C[C@H](CC(=O)[C@@H](Cc1c[nH]c2ccccc12)NC(=O)[C@@H](N)Cc1cnc[nH]1)C(=O)N[C@H]1CC(=O)N([C@H](Cc2ccccc2)C(=O)C[C@@H](CCCCN)C(N)=O)C1. The van der Waals surface area contributed by atoms with E-state index < -0.39 is 53.7 Å². The molecule has 0 aliphatic carbocycles. The van der Waals surface area contributed by atoms with E-state index in [0.717, 1.165) is 22.0 Å². The summed E-state index contributed by atoms with van der Waals surface area (Å²) in [6, 6.07) is 13.5. The van der Waals surface area contributed by atoms with Crippen molar-refractivity contribution in [1.29, 1.82) is 0 Å². The van der Waals surface area contributed by atoms with E-state index in [2.05, 4.69) is 25.6 Å². The van der Waals surface area contributed by atoms with Crippen LogP contribution in [0.15, 0.2) is 73.3 Å². The van der Waals surface area contributed by atoms with Gasteiger partial charge < -0.3 is 42.7 Å². The minimum absolute atomic E-state index is 0.0335. The maximum atomic E-state index is 13.9. The average Bonchev–Trinajstić information content (AvgIpc) is 3.94. The first-order chi connectivity index (χ1) is 26.9. The van der Waals surface area contributed by atoms with Gasteiger partial charge in [-0.15, -0.1) is 0 Å². The predicted octanol–water partition coefficient (Wildman–Crippen LogP) is 1.60.